The fourth-order valence-corrected chi connectivity index (χ4v) is 2.91. The van der Waals surface area contributed by atoms with Crippen LogP contribution in [0.1, 0.15) is 29.5 Å². The van der Waals surface area contributed by atoms with Crippen LogP contribution >= 0.6 is 0 Å². The summed E-state index contributed by atoms with van der Waals surface area (Å²) < 4.78 is 39.6. The van der Waals surface area contributed by atoms with Crippen molar-refractivity contribution in [1.82, 2.24) is 4.90 Å². The largest absolute Gasteiger partial charge is 0.416 e. The van der Waals surface area contributed by atoms with Gasteiger partial charge in [0.25, 0.3) is 5.69 Å². The summed E-state index contributed by atoms with van der Waals surface area (Å²) in [7, 11) is 0. The van der Waals surface area contributed by atoms with Crippen LogP contribution in [0.3, 0.4) is 0 Å². The van der Waals surface area contributed by atoms with E-state index in [1.165, 1.54) is 24.3 Å². The molecule has 4 nitrogen and oxygen atoms in total. The van der Waals surface area contributed by atoms with Crippen molar-refractivity contribution in [2.24, 2.45) is 0 Å². The molecule has 0 bridgehead atoms. The van der Waals surface area contributed by atoms with Crippen LogP contribution in [0, 0.1) is 10.1 Å². The summed E-state index contributed by atoms with van der Waals surface area (Å²) in [6.45, 7) is 0.557. The Morgan fingerprint density at radius 1 is 1.08 bits per heavy atom. The van der Waals surface area contributed by atoms with E-state index in [1.807, 2.05) is 4.90 Å². The van der Waals surface area contributed by atoms with Crippen molar-refractivity contribution in [3.05, 3.63) is 75.3 Å². The van der Waals surface area contributed by atoms with Crippen molar-refractivity contribution >= 4 is 5.69 Å². The molecule has 1 saturated carbocycles. The lowest BCUT2D eigenvalue weighted by atomic mass is 10.1. The maximum atomic E-state index is 13.2. The molecular weight excluding hydrogens is 333 g/mol. The van der Waals surface area contributed by atoms with Gasteiger partial charge in [-0.05, 0) is 30.0 Å². The first kappa shape index (κ1) is 17.4. The van der Waals surface area contributed by atoms with Gasteiger partial charge >= 0.3 is 6.18 Å². The minimum Gasteiger partial charge on any atom is -0.292 e. The van der Waals surface area contributed by atoms with Crippen LogP contribution in [-0.4, -0.2) is 15.9 Å². The summed E-state index contributed by atoms with van der Waals surface area (Å²) in [5, 5.41) is 10.9. The van der Waals surface area contributed by atoms with Gasteiger partial charge in [-0.3, -0.25) is 15.0 Å². The van der Waals surface area contributed by atoms with E-state index < -0.39 is 16.7 Å². The fraction of sp³-hybridized carbons (Fsp3) is 0.333. The zero-order valence-electron chi connectivity index (χ0n) is 13.4. The van der Waals surface area contributed by atoms with Crippen LogP contribution in [0.25, 0.3) is 0 Å². The van der Waals surface area contributed by atoms with Gasteiger partial charge in [0.05, 0.1) is 10.5 Å². The van der Waals surface area contributed by atoms with E-state index in [-0.39, 0.29) is 23.8 Å². The van der Waals surface area contributed by atoms with Crippen LogP contribution in [0.5, 0.6) is 0 Å². The van der Waals surface area contributed by atoms with Gasteiger partial charge in [-0.2, -0.15) is 13.2 Å². The highest BCUT2D eigenvalue weighted by molar-refractivity contribution is 5.34. The van der Waals surface area contributed by atoms with E-state index in [4.69, 9.17) is 0 Å². The average molecular weight is 350 g/mol. The summed E-state index contributed by atoms with van der Waals surface area (Å²) >= 11 is 0. The number of hydrogen-bond acceptors (Lipinski definition) is 3. The van der Waals surface area contributed by atoms with E-state index >= 15 is 0 Å². The van der Waals surface area contributed by atoms with E-state index in [0.717, 1.165) is 24.5 Å². The number of rotatable bonds is 6. The maximum Gasteiger partial charge on any atom is 0.416 e. The van der Waals surface area contributed by atoms with E-state index in [2.05, 4.69) is 0 Å². The molecule has 0 radical (unpaired) electrons. The van der Waals surface area contributed by atoms with Crippen molar-refractivity contribution in [2.75, 3.05) is 0 Å². The van der Waals surface area contributed by atoms with Crippen LogP contribution in [0.15, 0.2) is 48.5 Å². The number of benzene rings is 2. The lowest BCUT2D eigenvalue weighted by Crippen LogP contribution is -2.26. The van der Waals surface area contributed by atoms with Crippen LogP contribution in [0.4, 0.5) is 18.9 Å². The Morgan fingerprint density at radius 2 is 1.80 bits per heavy atom. The quantitative estimate of drug-likeness (QED) is 0.556. The molecular formula is C18H17F3N2O2. The molecule has 0 N–H and O–H groups in total. The van der Waals surface area contributed by atoms with E-state index in [0.29, 0.717) is 6.54 Å². The average Bonchev–Trinajstić information content (AvgIpc) is 3.39. The summed E-state index contributed by atoms with van der Waals surface area (Å²) in [5.74, 6) is 0. The Kier molecular flexibility index (Phi) is 4.76. The third-order valence-corrected chi connectivity index (χ3v) is 4.27. The molecule has 0 saturated heterocycles. The third-order valence-electron chi connectivity index (χ3n) is 4.27. The molecule has 1 fully saturated rings. The van der Waals surface area contributed by atoms with Gasteiger partial charge in [-0.25, -0.2) is 0 Å². The molecule has 2 aromatic carbocycles. The van der Waals surface area contributed by atoms with Crippen molar-refractivity contribution in [3.63, 3.8) is 0 Å². The van der Waals surface area contributed by atoms with Crippen LogP contribution in [-0.2, 0) is 19.3 Å². The van der Waals surface area contributed by atoms with Crippen molar-refractivity contribution in [3.8, 4) is 0 Å². The highest BCUT2D eigenvalue weighted by Crippen LogP contribution is 2.35. The molecule has 0 amide bonds. The molecule has 0 atom stereocenters. The monoisotopic (exact) mass is 350 g/mol. The zero-order chi connectivity index (χ0) is 18.0. The Morgan fingerprint density at radius 3 is 2.44 bits per heavy atom. The molecule has 25 heavy (non-hydrogen) atoms. The number of hydrogen-bond donors (Lipinski definition) is 0. The van der Waals surface area contributed by atoms with Crippen molar-refractivity contribution < 1.29 is 18.1 Å². The number of nitro benzene ring substituents is 1. The summed E-state index contributed by atoms with van der Waals surface area (Å²) in [6.07, 6.45) is -2.52. The highest BCUT2D eigenvalue weighted by Gasteiger charge is 2.35. The molecule has 1 aliphatic carbocycles. The van der Waals surface area contributed by atoms with Gasteiger partial charge in [-0.1, -0.05) is 30.3 Å². The van der Waals surface area contributed by atoms with Gasteiger partial charge < -0.3 is 0 Å². The number of nitro groups is 1. The van der Waals surface area contributed by atoms with Gasteiger partial charge in [0.1, 0.15) is 0 Å². The number of nitrogens with zero attached hydrogens (tertiary/aromatic N) is 2. The number of halogens is 3. The Balaban J connectivity index is 1.82. The van der Waals surface area contributed by atoms with E-state index in [9.17, 15) is 23.3 Å². The minimum atomic E-state index is -4.39. The third kappa shape index (κ3) is 4.36. The van der Waals surface area contributed by atoms with Gasteiger partial charge in [0.15, 0.2) is 0 Å². The summed E-state index contributed by atoms with van der Waals surface area (Å²) in [5.41, 5.74) is 0.321. The lowest BCUT2D eigenvalue weighted by molar-refractivity contribution is -0.384. The van der Waals surface area contributed by atoms with Crippen LogP contribution < -0.4 is 0 Å². The molecule has 0 unspecified atom stereocenters. The molecule has 132 valence electrons. The number of alkyl halides is 3. The smallest absolute Gasteiger partial charge is 0.292 e. The molecule has 0 heterocycles. The van der Waals surface area contributed by atoms with Gasteiger partial charge in [0.2, 0.25) is 0 Å². The standard InChI is InChI=1S/C18H17F3N2O2/c19-18(20,21)17-7-2-1-5-14(17)12-22(15-8-9-15)11-13-4-3-6-16(10-13)23(24)25/h1-7,10,15H,8-9,11-12H2. The molecule has 0 aromatic heterocycles. The predicted octanol–water partition coefficient (Wildman–Crippen LogP) is 4.78. The van der Waals surface area contributed by atoms with Crippen molar-refractivity contribution in [1.29, 1.82) is 0 Å². The molecule has 0 spiro atoms. The van der Waals surface area contributed by atoms with Crippen molar-refractivity contribution in [2.45, 2.75) is 38.1 Å². The molecule has 3 rings (SSSR count). The second-order valence-corrected chi connectivity index (χ2v) is 6.22. The highest BCUT2D eigenvalue weighted by atomic mass is 19.4. The Bertz CT molecular complexity index is 773. The first-order chi connectivity index (χ1) is 11.8. The molecule has 0 aliphatic heterocycles. The minimum absolute atomic E-state index is 0.0102. The lowest BCUT2D eigenvalue weighted by Gasteiger charge is -2.24. The van der Waals surface area contributed by atoms with E-state index in [1.54, 1.807) is 18.2 Å². The SMILES string of the molecule is O=[N+]([O-])c1cccc(CN(Cc2ccccc2C(F)(F)F)C2CC2)c1. The number of non-ortho nitro benzene ring substituents is 1. The molecule has 2 aromatic rings. The van der Waals surface area contributed by atoms with Crippen LogP contribution in [0.2, 0.25) is 0 Å². The maximum absolute atomic E-state index is 13.2. The Hall–Kier alpha value is -2.41. The summed E-state index contributed by atoms with van der Waals surface area (Å²) in [4.78, 5) is 12.4. The van der Waals surface area contributed by atoms with Gasteiger partial charge in [0, 0.05) is 31.3 Å². The molecule has 1 aliphatic rings. The zero-order valence-corrected chi connectivity index (χ0v) is 13.4. The summed E-state index contributed by atoms with van der Waals surface area (Å²) in [6, 6.07) is 12.0. The molecule has 7 heteroatoms. The second kappa shape index (κ2) is 6.84. The normalized spacial score (nSPS) is 14.7. The van der Waals surface area contributed by atoms with Gasteiger partial charge in [-0.15, -0.1) is 0 Å². The Labute approximate surface area is 143 Å². The second-order valence-electron chi connectivity index (χ2n) is 6.22. The fourth-order valence-electron chi connectivity index (χ4n) is 2.91. The topological polar surface area (TPSA) is 46.4 Å². The predicted molar refractivity (Wildman–Crippen MR) is 86.8 cm³/mol. The first-order valence-electron chi connectivity index (χ1n) is 7.97. The first-order valence-corrected chi connectivity index (χ1v) is 7.97.